The molecule has 0 bridgehead atoms. The second-order valence-electron chi connectivity index (χ2n) is 5.94. The standard InChI is InChI=1S/C16H16ClNO4S/c1-16(2)14(19)12(13-11(22-16)7-8-23(13)21)18-15(20)9-3-5-10(17)6-4-9/h3-8,12,14,19H,1-2H3,(H,18,20). The lowest BCUT2D eigenvalue weighted by atomic mass is 9.91. The maximum Gasteiger partial charge on any atom is 0.251 e. The zero-order chi connectivity index (χ0) is 16.8. The van der Waals surface area contributed by atoms with Gasteiger partial charge >= 0.3 is 0 Å². The molecule has 3 unspecified atom stereocenters. The average Bonchev–Trinajstić information content (AvgIpc) is 2.84. The topological polar surface area (TPSA) is 75.6 Å². The van der Waals surface area contributed by atoms with Crippen molar-refractivity contribution >= 4 is 28.3 Å². The molecule has 0 fully saturated rings. The molecule has 0 saturated heterocycles. The predicted octanol–water partition coefficient (Wildman–Crippen LogP) is 2.10. The van der Waals surface area contributed by atoms with Gasteiger partial charge in [0.1, 0.15) is 17.5 Å². The Balaban J connectivity index is 1.90. The molecule has 0 saturated carbocycles. The first-order chi connectivity index (χ1) is 10.8. The van der Waals surface area contributed by atoms with E-state index in [2.05, 4.69) is 5.32 Å². The Hall–Kier alpha value is -1.63. The van der Waals surface area contributed by atoms with Gasteiger partial charge in [-0.25, -0.2) is 4.21 Å². The summed E-state index contributed by atoms with van der Waals surface area (Å²) < 4.78 is 17.8. The Bertz CT molecular complexity index is 739. The van der Waals surface area contributed by atoms with E-state index in [1.807, 2.05) is 0 Å². The number of aliphatic hydroxyl groups is 1. The first kappa shape index (κ1) is 16.2. The van der Waals surface area contributed by atoms with Gasteiger partial charge in [0, 0.05) is 16.0 Å². The van der Waals surface area contributed by atoms with E-state index in [0.717, 1.165) is 0 Å². The Morgan fingerprint density at radius 1 is 1.35 bits per heavy atom. The summed E-state index contributed by atoms with van der Waals surface area (Å²) in [5.74, 6) is 0.0687. The highest BCUT2D eigenvalue weighted by molar-refractivity contribution is 7.92. The van der Waals surface area contributed by atoms with Crippen molar-refractivity contribution in [3.8, 4) is 0 Å². The molecule has 2 heterocycles. The van der Waals surface area contributed by atoms with Crippen molar-refractivity contribution in [3.05, 3.63) is 57.0 Å². The number of benzene rings is 1. The molecule has 0 aromatic heterocycles. The number of rotatable bonds is 2. The van der Waals surface area contributed by atoms with Crippen LogP contribution in [-0.2, 0) is 15.5 Å². The van der Waals surface area contributed by atoms with E-state index >= 15 is 0 Å². The fraction of sp³-hybridized carbons (Fsp3) is 0.312. The fourth-order valence-corrected chi connectivity index (χ4v) is 3.87. The van der Waals surface area contributed by atoms with Gasteiger partial charge in [-0.1, -0.05) is 11.6 Å². The number of allylic oxidation sites excluding steroid dienone is 1. The molecule has 0 spiro atoms. The van der Waals surface area contributed by atoms with Gasteiger partial charge in [0.15, 0.2) is 0 Å². The van der Waals surface area contributed by atoms with Gasteiger partial charge in [-0.3, -0.25) is 4.79 Å². The zero-order valence-electron chi connectivity index (χ0n) is 12.6. The summed E-state index contributed by atoms with van der Waals surface area (Å²) in [5.41, 5.74) is -0.500. The second kappa shape index (κ2) is 5.78. The quantitative estimate of drug-likeness (QED) is 0.853. The number of aliphatic hydroxyl groups excluding tert-OH is 1. The van der Waals surface area contributed by atoms with E-state index in [9.17, 15) is 14.1 Å². The van der Waals surface area contributed by atoms with Crippen LogP contribution in [0.1, 0.15) is 24.2 Å². The SMILES string of the molecule is CC1(C)OC2=C(C(NC(=O)c3ccc(Cl)cc3)C1O)S(=O)C=C2. The van der Waals surface area contributed by atoms with Crippen molar-refractivity contribution in [2.75, 3.05) is 0 Å². The van der Waals surface area contributed by atoms with Gasteiger partial charge in [-0.2, -0.15) is 0 Å². The number of ether oxygens (including phenoxy) is 1. The molecule has 122 valence electrons. The van der Waals surface area contributed by atoms with Crippen LogP contribution in [0.15, 0.2) is 46.4 Å². The lowest BCUT2D eigenvalue weighted by Crippen LogP contribution is -2.57. The molecule has 1 amide bonds. The Labute approximate surface area is 141 Å². The molecule has 3 atom stereocenters. The van der Waals surface area contributed by atoms with Crippen LogP contribution < -0.4 is 5.32 Å². The van der Waals surface area contributed by atoms with Crippen LogP contribution >= 0.6 is 11.6 Å². The van der Waals surface area contributed by atoms with Crippen LogP contribution in [0.25, 0.3) is 0 Å². The lowest BCUT2D eigenvalue weighted by Gasteiger charge is -2.41. The van der Waals surface area contributed by atoms with Gasteiger partial charge in [0.05, 0.1) is 21.7 Å². The Morgan fingerprint density at radius 2 is 2.00 bits per heavy atom. The number of hydrogen-bond acceptors (Lipinski definition) is 4. The number of nitrogens with one attached hydrogen (secondary N) is 1. The minimum Gasteiger partial charge on any atom is -0.484 e. The predicted molar refractivity (Wildman–Crippen MR) is 88.2 cm³/mol. The summed E-state index contributed by atoms with van der Waals surface area (Å²) >= 11 is 5.82. The minimum atomic E-state index is -1.42. The third-order valence-electron chi connectivity index (χ3n) is 3.88. The summed E-state index contributed by atoms with van der Waals surface area (Å²) in [7, 11) is -1.42. The molecular weight excluding hydrogens is 338 g/mol. The van der Waals surface area contributed by atoms with E-state index in [1.54, 1.807) is 44.2 Å². The van der Waals surface area contributed by atoms with E-state index < -0.39 is 28.5 Å². The summed E-state index contributed by atoms with van der Waals surface area (Å²) in [5, 5.41) is 15.3. The van der Waals surface area contributed by atoms with Gasteiger partial charge in [0.25, 0.3) is 5.91 Å². The van der Waals surface area contributed by atoms with Crippen molar-refractivity contribution in [3.63, 3.8) is 0 Å². The van der Waals surface area contributed by atoms with E-state index in [-0.39, 0.29) is 5.91 Å². The van der Waals surface area contributed by atoms with Crippen LogP contribution in [0.2, 0.25) is 5.02 Å². The summed E-state index contributed by atoms with van der Waals surface area (Å²) in [4.78, 5) is 12.8. The monoisotopic (exact) mass is 353 g/mol. The van der Waals surface area contributed by atoms with Crippen molar-refractivity contribution in [1.82, 2.24) is 5.32 Å². The lowest BCUT2D eigenvalue weighted by molar-refractivity contribution is -0.0874. The van der Waals surface area contributed by atoms with E-state index in [1.165, 1.54) is 5.41 Å². The smallest absolute Gasteiger partial charge is 0.251 e. The summed E-state index contributed by atoms with van der Waals surface area (Å²) in [6.07, 6.45) is 0.585. The third kappa shape index (κ3) is 2.94. The number of carbonyl (C=O) groups excluding carboxylic acids is 1. The highest BCUT2D eigenvalue weighted by atomic mass is 35.5. The van der Waals surface area contributed by atoms with Gasteiger partial charge in [-0.15, -0.1) is 0 Å². The molecule has 1 aromatic rings. The van der Waals surface area contributed by atoms with Crippen LogP contribution in [-0.4, -0.2) is 33.0 Å². The van der Waals surface area contributed by atoms with Crippen molar-refractivity contribution < 1.29 is 18.8 Å². The first-order valence-electron chi connectivity index (χ1n) is 7.06. The van der Waals surface area contributed by atoms with Crippen LogP contribution in [0.3, 0.4) is 0 Å². The Kier molecular flexibility index (Phi) is 4.08. The van der Waals surface area contributed by atoms with Crippen LogP contribution in [0, 0.1) is 0 Å². The number of amides is 1. The van der Waals surface area contributed by atoms with Crippen molar-refractivity contribution in [2.45, 2.75) is 31.6 Å². The molecule has 0 aliphatic carbocycles. The Morgan fingerprint density at radius 3 is 2.65 bits per heavy atom. The molecule has 1 aromatic carbocycles. The molecule has 23 heavy (non-hydrogen) atoms. The molecular formula is C16H16ClNO4S. The largest absolute Gasteiger partial charge is 0.484 e. The van der Waals surface area contributed by atoms with Crippen molar-refractivity contribution in [1.29, 1.82) is 0 Å². The summed E-state index contributed by atoms with van der Waals surface area (Å²) in [6, 6.07) is 5.62. The normalized spacial score (nSPS) is 28.3. The second-order valence-corrected chi connectivity index (χ2v) is 7.68. The number of hydrogen-bond donors (Lipinski definition) is 2. The van der Waals surface area contributed by atoms with Crippen LogP contribution in [0.5, 0.6) is 0 Å². The third-order valence-corrected chi connectivity index (χ3v) is 5.40. The van der Waals surface area contributed by atoms with E-state index in [4.69, 9.17) is 16.3 Å². The zero-order valence-corrected chi connectivity index (χ0v) is 14.1. The molecule has 2 aliphatic rings. The molecule has 3 rings (SSSR count). The first-order valence-corrected chi connectivity index (χ1v) is 8.65. The van der Waals surface area contributed by atoms with Gasteiger partial charge in [0.2, 0.25) is 0 Å². The molecule has 7 heteroatoms. The fourth-order valence-electron chi connectivity index (χ4n) is 2.60. The molecule has 2 N–H and O–H groups in total. The van der Waals surface area contributed by atoms with Gasteiger partial charge in [-0.05, 0) is 44.2 Å². The minimum absolute atomic E-state index is 0.376. The number of carbonyl (C=O) groups is 1. The van der Waals surface area contributed by atoms with Crippen LogP contribution in [0.4, 0.5) is 0 Å². The van der Waals surface area contributed by atoms with Gasteiger partial charge < -0.3 is 15.2 Å². The number of halogens is 1. The van der Waals surface area contributed by atoms with Crippen molar-refractivity contribution in [2.24, 2.45) is 0 Å². The maximum atomic E-state index is 12.4. The molecule has 2 aliphatic heterocycles. The highest BCUT2D eigenvalue weighted by Gasteiger charge is 2.47. The average molecular weight is 354 g/mol. The summed E-state index contributed by atoms with van der Waals surface area (Å²) in [6.45, 7) is 3.44. The van der Waals surface area contributed by atoms with E-state index in [0.29, 0.717) is 21.3 Å². The highest BCUT2D eigenvalue weighted by Crippen LogP contribution is 2.37. The molecule has 0 radical (unpaired) electrons. The maximum absolute atomic E-state index is 12.4. The molecule has 5 nitrogen and oxygen atoms in total.